The number of thiophene rings is 1. The highest BCUT2D eigenvalue weighted by atomic mass is 32.1. The molecule has 0 unspecified atom stereocenters. The summed E-state index contributed by atoms with van der Waals surface area (Å²) in [5, 5.41) is 11.4. The topological polar surface area (TPSA) is 57.6 Å². The summed E-state index contributed by atoms with van der Waals surface area (Å²) in [6, 6.07) is 1.88. The predicted molar refractivity (Wildman–Crippen MR) is 79.2 cm³/mol. The lowest BCUT2D eigenvalue weighted by Crippen LogP contribution is -2.49. The molecule has 1 aromatic rings. The van der Waals surface area contributed by atoms with Gasteiger partial charge in [-0.2, -0.15) is 0 Å². The van der Waals surface area contributed by atoms with Gasteiger partial charge in [-0.05, 0) is 32.3 Å². The molecule has 1 saturated heterocycles. The van der Waals surface area contributed by atoms with Crippen molar-refractivity contribution in [2.75, 3.05) is 13.1 Å². The van der Waals surface area contributed by atoms with Gasteiger partial charge >= 0.3 is 5.97 Å². The SMILES string of the molecule is CCC[C@@]1(C(=O)O)CCCN(C(=O)c2csc(C)c2)C1. The molecular weight excluding hydrogens is 274 g/mol. The first kappa shape index (κ1) is 15.0. The van der Waals surface area contributed by atoms with Gasteiger partial charge in [-0.1, -0.05) is 13.3 Å². The first-order valence-electron chi connectivity index (χ1n) is 7.06. The average Bonchev–Trinajstić information content (AvgIpc) is 2.85. The fourth-order valence-electron chi connectivity index (χ4n) is 3.01. The van der Waals surface area contributed by atoms with Crippen molar-refractivity contribution in [2.24, 2.45) is 5.41 Å². The smallest absolute Gasteiger partial charge is 0.311 e. The lowest BCUT2D eigenvalue weighted by molar-refractivity contribution is -0.152. The van der Waals surface area contributed by atoms with Crippen molar-refractivity contribution in [2.45, 2.75) is 39.5 Å². The average molecular weight is 295 g/mol. The second-order valence-corrected chi connectivity index (χ2v) is 6.73. The Hall–Kier alpha value is -1.36. The second kappa shape index (κ2) is 5.95. The Morgan fingerprint density at radius 3 is 2.80 bits per heavy atom. The van der Waals surface area contributed by atoms with Crippen LogP contribution < -0.4 is 0 Å². The number of piperidine rings is 1. The molecule has 0 aliphatic carbocycles. The molecule has 0 bridgehead atoms. The normalized spacial score (nSPS) is 22.8. The van der Waals surface area contributed by atoms with E-state index in [1.54, 1.807) is 16.2 Å². The summed E-state index contributed by atoms with van der Waals surface area (Å²) in [6.45, 7) is 4.96. The minimum atomic E-state index is -0.765. The van der Waals surface area contributed by atoms with E-state index >= 15 is 0 Å². The van der Waals surface area contributed by atoms with Crippen LogP contribution in [0.4, 0.5) is 0 Å². The number of nitrogens with zero attached hydrogens (tertiary/aromatic N) is 1. The fourth-order valence-corrected chi connectivity index (χ4v) is 3.68. The quantitative estimate of drug-likeness (QED) is 0.928. The third kappa shape index (κ3) is 2.87. The number of aliphatic carboxylic acids is 1. The number of carbonyl (C=O) groups is 2. The summed E-state index contributed by atoms with van der Waals surface area (Å²) in [5.41, 5.74) is -0.0709. The summed E-state index contributed by atoms with van der Waals surface area (Å²) >= 11 is 1.55. The largest absolute Gasteiger partial charge is 0.481 e. The van der Waals surface area contributed by atoms with Gasteiger partial charge in [-0.15, -0.1) is 11.3 Å². The standard InChI is InChI=1S/C15H21NO3S/c1-3-5-15(14(18)19)6-4-7-16(10-15)13(17)12-8-11(2)20-9-12/h8-9H,3-7,10H2,1-2H3,(H,18,19)/t15-/m1/s1. The maximum absolute atomic E-state index is 12.5. The monoisotopic (exact) mass is 295 g/mol. The molecule has 2 heterocycles. The summed E-state index contributed by atoms with van der Waals surface area (Å²) in [4.78, 5) is 26.9. The van der Waals surface area contributed by atoms with Gasteiger partial charge in [0.1, 0.15) is 0 Å². The molecule has 4 nitrogen and oxygen atoms in total. The van der Waals surface area contributed by atoms with E-state index in [1.807, 2.05) is 25.3 Å². The molecule has 0 radical (unpaired) electrons. The first-order valence-corrected chi connectivity index (χ1v) is 7.94. The van der Waals surface area contributed by atoms with Crippen LogP contribution in [-0.2, 0) is 4.79 Å². The molecule has 1 aromatic heterocycles. The van der Waals surface area contributed by atoms with E-state index < -0.39 is 11.4 Å². The highest BCUT2D eigenvalue weighted by Gasteiger charge is 2.42. The lowest BCUT2D eigenvalue weighted by Gasteiger charge is -2.39. The number of rotatable bonds is 4. The maximum atomic E-state index is 12.5. The van der Waals surface area contributed by atoms with Gasteiger partial charge in [-0.3, -0.25) is 9.59 Å². The summed E-state index contributed by atoms with van der Waals surface area (Å²) in [7, 11) is 0. The molecular formula is C15H21NO3S. The van der Waals surface area contributed by atoms with Crippen LogP contribution in [0.5, 0.6) is 0 Å². The molecule has 5 heteroatoms. The molecule has 1 N–H and O–H groups in total. The predicted octanol–water partition coefficient (Wildman–Crippen LogP) is 3.16. The molecule has 1 atom stereocenters. The molecule has 1 fully saturated rings. The molecule has 0 aromatic carbocycles. The zero-order valence-corrected chi connectivity index (χ0v) is 12.8. The number of carboxylic acids is 1. The fraction of sp³-hybridized carbons (Fsp3) is 0.600. The van der Waals surface area contributed by atoms with E-state index in [1.165, 1.54) is 0 Å². The van der Waals surface area contributed by atoms with Crippen LogP contribution in [0.15, 0.2) is 11.4 Å². The van der Waals surface area contributed by atoms with Gasteiger partial charge in [-0.25, -0.2) is 0 Å². The molecule has 2 rings (SSSR count). The van der Waals surface area contributed by atoms with Gasteiger partial charge < -0.3 is 10.0 Å². The van der Waals surface area contributed by atoms with Crippen LogP contribution in [0.1, 0.15) is 47.8 Å². The number of amides is 1. The molecule has 0 saturated carbocycles. The Labute approximate surface area is 123 Å². The van der Waals surface area contributed by atoms with E-state index in [9.17, 15) is 14.7 Å². The van der Waals surface area contributed by atoms with E-state index in [4.69, 9.17) is 0 Å². The lowest BCUT2D eigenvalue weighted by atomic mass is 9.76. The van der Waals surface area contributed by atoms with Crippen molar-refractivity contribution in [1.29, 1.82) is 0 Å². The van der Waals surface area contributed by atoms with Crippen LogP contribution in [0, 0.1) is 12.3 Å². The van der Waals surface area contributed by atoms with Crippen LogP contribution >= 0.6 is 11.3 Å². The van der Waals surface area contributed by atoms with Crippen LogP contribution in [0.2, 0.25) is 0 Å². The molecule has 20 heavy (non-hydrogen) atoms. The van der Waals surface area contributed by atoms with Crippen molar-refractivity contribution < 1.29 is 14.7 Å². The van der Waals surface area contributed by atoms with E-state index in [0.29, 0.717) is 31.5 Å². The number of likely N-dealkylation sites (tertiary alicyclic amines) is 1. The van der Waals surface area contributed by atoms with Crippen molar-refractivity contribution in [3.05, 3.63) is 21.9 Å². The minimum absolute atomic E-state index is 0.0317. The van der Waals surface area contributed by atoms with Gasteiger partial charge in [0.05, 0.1) is 11.0 Å². The Bertz CT molecular complexity index is 507. The van der Waals surface area contributed by atoms with Crippen molar-refractivity contribution in [3.8, 4) is 0 Å². The van der Waals surface area contributed by atoms with Gasteiger partial charge in [0, 0.05) is 23.3 Å². The molecule has 110 valence electrons. The van der Waals surface area contributed by atoms with Crippen LogP contribution in [0.25, 0.3) is 0 Å². The van der Waals surface area contributed by atoms with Crippen LogP contribution in [0.3, 0.4) is 0 Å². The molecule has 1 aliphatic rings. The van der Waals surface area contributed by atoms with E-state index in [0.717, 1.165) is 17.7 Å². The number of carbonyl (C=O) groups excluding carboxylic acids is 1. The van der Waals surface area contributed by atoms with Gasteiger partial charge in [0.25, 0.3) is 5.91 Å². The molecule has 1 aliphatic heterocycles. The number of hydrogen-bond acceptors (Lipinski definition) is 3. The van der Waals surface area contributed by atoms with Crippen molar-refractivity contribution >= 4 is 23.2 Å². The Morgan fingerprint density at radius 1 is 1.50 bits per heavy atom. The zero-order valence-electron chi connectivity index (χ0n) is 12.0. The maximum Gasteiger partial charge on any atom is 0.311 e. The zero-order chi connectivity index (χ0) is 14.8. The number of hydrogen-bond donors (Lipinski definition) is 1. The first-order chi connectivity index (χ1) is 9.48. The third-order valence-corrected chi connectivity index (χ3v) is 4.89. The highest BCUT2D eigenvalue weighted by molar-refractivity contribution is 7.10. The van der Waals surface area contributed by atoms with Gasteiger partial charge in [0.2, 0.25) is 0 Å². The van der Waals surface area contributed by atoms with Crippen molar-refractivity contribution in [3.63, 3.8) is 0 Å². The van der Waals surface area contributed by atoms with Crippen molar-refractivity contribution in [1.82, 2.24) is 4.90 Å². The minimum Gasteiger partial charge on any atom is -0.481 e. The number of carboxylic acid groups (broad SMARTS) is 1. The number of aryl methyl sites for hydroxylation is 1. The third-order valence-electron chi connectivity index (χ3n) is 4.02. The summed E-state index contributed by atoms with van der Waals surface area (Å²) < 4.78 is 0. The molecule has 0 spiro atoms. The Morgan fingerprint density at radius 2 is 2.25 bits per heavy atom. The van der Waals surface area contributed by atoms with Crippen LogP contribution in [-0.4, -0.2) is 35.0 Å². The summed E-state index contributed by atoms with van der Waals surface area (Å²) in [6.07, 6.45) is 2.89. The van der Waals surface area contributed by atoms with E-state index in [-0.39, 0.29) is 5.91 Å². The van der Waals surface area contributed by atoms with E-state index in [2.05, 4.69) is 0 Å². The Balaban J connectivity index is 2.17. The second-order valence-electron chi connectivity index (χ2n) is 5.61. The Kier molecular flexibility index (Phi) is 4.48. The summed E-state index contributed by atoms with van der Waals surface area (Å²) in [5.74, 6) is -0.797. The van der Waals surface area contributed by atoms with Gasteiger partial charge in [0.15, 0.2) is 0 Å². The highest BCUT2D eigenvalue weighted by Crippen LogP contribution is 2.35. The molecule has 1 amide bonds.